The number of alkyl halides is 6. The highest BCUT2D eigenvalue weighted by atomic mass is 19.4. The molecule has 1 aromatic rings. The van der Waals surface area contributed by atoms with Crippen LogP contribution in [0.5, 0.6) is 5.88 Å². The normalized spacial score (nSPS) is 12.6. The summed E-state index contributed by atoms with van der Waals surface area (Å²) in [5.74, 6) is -1.09. The van der Waals surface area contributed by atoms with E-state index in [-0.39, 0.29) is 0 Å². The third kappa shape index (κ3) is 3.40. The molecule has 0 unspecified atom stereocenters. The maximum absolute atomic E-state index is 12.3. The molecule has 17 heavy (non-hydrogen) atoms. The van der Waals surface area contributed by atoms with Crippen LogP contribution in [0.25, 0.3) is 0 Å². The third-order valence-electron chi connectivity index (χ3n) is 1.71. The molecule has 1 N–H and O–H groups in total. The Morgan fingerprint density at radius 1 is 1.18 bits per heavy atom. The molecule has 96 valence electrons. The fraction of sp³-hybridized carbons (Fsp3) is 0.375. The first-order valence-corrected chi connectivity index (χ1v) is 4.07. The molecule has 0 saturated carbocycles. The first-order chi connectivity index (χ1) is 7.50. The lowest BCUT2D eigenvalue weighted by molar-refractivity contribution is -0.276. The Bertz CT molecular complexity index is 472. The second-order valence-corrected chi connectivity index (χ2v) is 3.07. The van der Waals surface area contributed by atoms with Crippen LogP contribution in [0.3, 0.4) is 0 Å². The van der Waals surface area contributed by atoms with Crippen LogP contribution in [0.2, 0.25) is 0 Å². The third-order valence-corrected chi connectivity index (χ3v) is 1.71. The summed E-state index contributed by atoms with van der Waals surface area (Å²) >= 11 is 0. The van der Waals surface area contributed by atoms with Gasteiger partial charge in [0.2, 0.25) is 5.88 Å². The molecule has 0 radical (unpaired) electrons. The maximum atomic E-state index is 12.3. The van der Waals surface area contributed by atoms with Crippen LogP contribution in [-0.4, -0.2) is 11.3 Å². The number of hydrogen-bond acceptors (Lipinski definition) is 2. The molecular weight excluding hydrogens is 256 g/mol. The molecular formula is C8H5F6NO2. The predicted molar refractivity (Wildman–Crippen MR) is 43.5 cm³/mol. The Morgan fingerprint density at radius 2 is 1.71 bits per heavy atom. The molecule has 0 spiro atoms. The second-order valence-electron chi connectivity index (χ2n) is 3.07. The maximum Gasteiger partial charge on any atom is 0.574 e. The van der Waals surface area contributed by atoms with Crippen LogP contribution in [0.1, 0.15) is 11.1 Å². The lowest BCUT2D eigenvalue weighted by Gasteiger charge is -2.12. The minimum atomic E-state index is -5.09. The minimum absolute atomic E-state index is 0.456. The van der Waals surface area contributed by atoms with Crippen molar-refractivity contribution in [2.75, 3.05) is 0 Å². The summed E-state index contributed by atoms with van der Waals surface area (Å²) in [6.07, 6.45) is -10.0. The summed E-state index contributed by atoms with van der Waals surface area (Å²) in [5, 5.41) is 0. The zero-order valence-electron chi connectivity index (χ0n) is 8.16. The molecule has 0 fully saturated rings. The molecule has 0 aromatic carbocycles. The van der Waals surface area contributed by atoms with E-state index in [2.05, 4.69) is 4.74 Å². The number of rotatable bonds is 1. The number of ether oxygens (including phenoxy) is 1. The van der Waals surface area contributed by atoms with E-state index in [0.29, 0.717) is 6.07 Å². The van der Waals surface area contributed by atoms with Gasteiger partial charge in [-0.15, -0.1) is 13.2 Å². The van der Waals surface area contributed by atoms with Crippen molar-refractivity contribution in [1.82, 2.24) is 4.98 Å². The monoisotopic (exact) mass is 261 g/mol. The number of nitrogens with one attached hydrogen (secondary N) is 1. The summed E-state index contributed by atoms with van der Waals surface area (Å²) < 4.78 is 75.5. The summed E-state index contributed by atoms with van der Waals surface area (Å²) in [4.78, 5) is 12.3. The van der Waals surface area contributed by atoms with E-state index in [1.54, 1.807) is 0 Å². The first kappa shape index (κ1) is 13.4. The molecule has 1 rings (SSSR count). The molecule has 9 heteroatoms. The average Bonchev–Trinajstić information content (AvgIpc) is 1.94. The van der Waals surface area contributed by atoms with Crippen LogP contribution in [0, 0.1) is 6.92 Å². The molecule has 0 bridgehead atoms. The van der Waals surface area contributed by atoms with Crippen molar-refractivity contribution in [3.05, 3.63) is 27.5 Å². The minimum Gasteiger partial charge on any atom is -0.390 e. The van der Waals surface area contributed by atoms with E-state index in [0.717, 1.165) is 6.92 Å². The van der Waals surface area contributed by atoms with Gasteiger partial charge in [0, 0.05) is 6.07 Å². The fourth-order valence-corrected chi connectivity index (χ4v) is 1.19. The highest BCUT2D eigenvalue weighted by Crippen LogP contribution is 2.30. The molecule has 1 aromatic heterocycles. The number of halogens is 6. The summed E-state index contributed by atoms with van der Waals surface area (Å²) in [6, 6.07) is 0.456. The van der Waals surface area contributed by atoms with E-state index in [1.165, 1.54) is 4.98 Å². The highest BCUT2D eigenvalue weighted by Gasteiger charge is 2.37. The van der Waals surface area contributed by atoms with Crippen molar-refractivity contribution < 1.29 is 31.1 Å². The van der Waals surface area contributed by atoms with Gasteiger partial charge in [0.15, 0.2) is 0 Å². The summed E-state index contributed by atoms with van der Waals surface area (Å²) in [6.45, 7) is 0.862. The molecule has 0 saturated heterocycles. The van der Waals surface area contributed by atoms with E-state index in [9.17, 15) is 31.1 Å². The van der Waals surface area contributed by atoms with Crippen LogP contribution in [0.4, 0.5) is 26.3 Å². The van der Waals surface area contributed by atoms with E-state index >= 15 is 0 Å². The van der Waals surface area contributed by atoms with E-state index < -0.39 is 35.1 Å². The Kier molecular flexibility index (Phi) is 3.13. The summed E-state index contributed by atoms with van der Waals surface area (Å²) in [7, 11) is 0. The molecule has 0 amide bonds. The van der Waals surface area contributed by atoms with Gasteiger partial charge in [-0.25, -0.2) is 0 Å². The Labute approximate surface area is 90.0 Å². The van der Waals surface area contributed by atoms with Crippen molar-refractivity contribution in [2.24, 2.45) is 0 Å². The van der Waals surface area contributed by atoms with Gasteiger partial charge in [-0.2, -0.15) is 13.2 Å². The van der Waals surface area contributed by atoms with Crippen molar-refractivity contribution in [3.8, 4) is 5.88 Å². The number of H-pyrrole nitrogens is 1. The lowest BCUT2D eigenvalue weighted by atomic mass is 10.1. The number of aromatic nitrogens is 1. The SMILES string of the molecule is Cc1cc(OC(F)(F)F)[nH]c(=O)c1C(F)(F)F. The Hall–Kier alpha value is -1.67. The number of aryl methyl sites for hydroxylation is 1. The Balaban J connectivity index is 3.25. The van der Waals surface area contributed by atoms with E-state index in [4.69, 9.17) is 0 Å². The Morgan fingerprint density at radius 3 is 2.06 bits per heavy atom. The molecule has 0 atom stereocenters. The van der Waals surface area contributed by atoms with Crippen LogP contribution in [0.15, 0.2) is 10.9 Å². The van der Waals surface area contributed by atoms with Gasteiger partial charge in [0.05, 0.1) is 0 Å². The lowest BCUT2D eigenvalue weighted by Crippen LogP contribution is -2.26. The van der Waals surface area contributed by atoms with Crippen molar-refractivity contribution in [3.63, 3.8) is 0 Å². The van der Waals surface area contributed by atoms with Gasteiger partial charge in [-0.05, 0) is 12.5 Å². The first-order valence-electron chi connectivity index (χ1n) is 4.07. The van der Waals surface area contributed by atoms with Gasteiger partial charge in [0.1, 0.15) is 5.56 Å². The highest BCUT2D eigenvalue weighted by molar-refractivity contribution is 5.30. The average molecular weight is 261 g/mol. The summed E-state index contributed by atoms with van der Waals surface area (Å²) in [5.41, 5.74) is -3.88. The smallest absolute Gasteiger partial charge is 0.390 e. The fourth-order valence-electron chi connectivity index (χ4n) is 1.19. The predicted octanol–water partition coefficient (Wildman–Crippen LogP) is 2.60. The van der Waals surface area contributed by atoms with Gasteiger partial charge < -0.3 is 4.74 Å². The number of aromatic amines is 1. The largest absolute Gasteiger partial charge is 0.574 e. The van der Waals surface area contributed by atoms with Crippen LogP contribution < -0.4 is 10.3 Å². The van der Waals surface area contributed by atoms with Gasteiger partial charge >= 0.3 is 12.5 Å². The number of hydrogen-bond donors (Lipinski definition) is 1. The van der Waals surface area contributed by atoms with Crippen molar-refractivity contribution >= 4 is 0 Å². The number of pyridine rings is 1. The van der Waals surface area contributed by atoms with Gasteiger partial charge in [-0.3, -0.25) is 9.78 Å². The molecule has 0 aliphatic carbocycles. The molecule has 0 aliphatic rings. The molecule has 1 heterocycles. The molecule has 0 aliphatic heterocycles. The van der Waals surface area contributed by atoms with Gasteiger partial charge in [-0.1, -0.05) is 0 Å². The van der Waals surface area contributed by atoms with Crippen LogP contribution >= 0.6 is 0 Å². The quantitative estimate of drug-likeness (QED) is 0.789. The second kappa shape index (κ2) is 3.97. The van der Waals surface area contributed by atoms with Crippen molar-refractivity contribution in [1.29, 1.82) is 0 Å². The van der Waals surface area contributed by atoms with E-state index in [1.807, 2.05) is 0 Å². The zero-order chi connectivity index (χ0) is 13.4. The van der Waals surface area contributed by atoms with Gasteiger partial charge in [0.25, 0.3) is 5.56 Å². The molecule has 3 nitrogen and oxygen atoms in total. The zero-order valence-corrected chi connectivity index (χ0v) is 8.16. The van der Waals surface area contributed by atoms with Crippen LogP contribution in [-0.2, 0) is 6.18 Å². The topological polar surface area (TPSA) is 42.1 Å². The van der Waals surface area contributed by atoms with Crippen molar-refractivity contribution in [2.45, 2.75) is 19.5 Å². The standard InChI is InChI=1S/C8H5F6NO2/c1-3-2-4(17-8(12,13)14)15-6(16)5(3)7(9,10)11/h2H,1H3,(H,15,16).